The number of anilines is 1. The lowest BCUT2D eigenvalue weighted by atomic mass is 9.95. The summed E-state index contributed by atoms with van der Waals surface area (Å²) in [5.74, 6) is 1.69. The van der Waals surface area contributed by atoms with Gasteiger partial charge in [0.2, 0.25) is 5.91 Å². The van der Waals surface area contributed by atoms with Crippen LogP contribution in [0.1, 0.15) is 56.3 Å². The Balaban J connectivity index is 1.28. The standard InChI is InChI=1S/C35H40FN5O2/c1-4-24-19-31(37)34-33(25-10-14-29(15-11-25)43-30-8-5-7-26(36)20-30)23(2)41(35(34)38-21-24)28-16-18-40(22-28)32(42)9-6-17-39(3)27-12-13-27/h5-11,14-15,20-21,27-28,37-38H,4,12-13,16-19,22H2,1-3H3/b9-6+,37-31?/t28-/m1/s1. The molecule has 2 aliphatic heterocycles. The topological polar surface area (TPSA) is 73.6 Å². The van der Waals surface area contributed by atoms with Gasteiger partial charge in [-0.2, -0.15) is 0 Å². The van der Waals surface area contributed by atoms with Crippen LogP contribution in [0.2, 0.25) is 0 Å². The SMILES string of the molecule is CCC1=CNc2c(c(-c3ccc(Oc4cccc(F)c4)cc3)c(C)n2[C@@H]2CCN(C(=O)/C=C/CN(C)C3CC3)C2)C(=N)C1. The highest BCUT2D eigenvalue weighted by Gasteiger charge is 2.33. The Kier molecular flexibility index (Phi) is 8.21. The molecule has 2 fully saturated rings. The molecule has 1 amide bonds. The van der Waals surface area contributed by atoms with Crippen molar-refractivity contribution in [1.82, 2.24) is 14.4 Å². The van der Waals surface area contributed by atoms with Gasteiger partial charge in [0.1, 0.15) is 23.1 Å². The minimum absolute atomic E-state index is 0.0607. The normalized spacial score (nSPS) is 18.5. The Bertz CT molecular complexity index is 1580. The molecule has 1 atom stereocenters. The van der Waals surface area contributed by atoms with E-state index in [9.17, 15) is 9.18 Å². The summed E-state index contributed by atoms with van der Waals surface area (Å²) in [4.78, 5) is 17.3. The Morgan fingerprint density at radius 3 is 2.65 bits per heavy atom. The van der Waals surface area contributed by atoms with Gasteiger partial charge in [-0.05, 0) is 75.1 Å². The number of nitrogens with zero attached hydrogens (tertiary/aromatic N) is 3. The number of carbonyl (C=O) groups excluding carboxylic acids is 1. The van der Waals surface area contributed by atoms with Crippen molar-refractivity contribution >= 4 is 17.4 Å². The summed E-state index contributed by atoms with van der Waals surface area (Å²) in [6.07, 6.45) is 10.6. The zero-order chi connectivity index (χ0) is 30.1. The Labute approximate surface area is 253 Å². The second kappa shape index (κ2) is 12.2. The molecule has 43 heavy (non-hydrogen) atoms. The number of aromatic nitrogens is 1. The summed E-state index contributed by atoms with van der Waals surface area (Å²) in [5.41, 5.74) is 5.74. The molecular formula is C35H40FN5O2. The summed E-state index contributed by atoms with van der Waals surface area (Å²) in [6, 6.07) is 14.6. The van der Waals surface area contributed by atoms with E-state index >= 15 is 0 Å². The van der Waals surface area contributed by atoms with Gasteiger partial charge < -0.3 is 24.9 Å². The third kappa shape index (κ3) is 6.15. The molecule has 1 aliphatic carbocycles. The molecular weight excluding hydrogens is 541 g/mol. The fourth-order valence-electron chi connectivity index (χ4n) is 6.32. The molecule has 2 N–H and O–H groups in total. The smallest absolute Gasteiger partial charge is 0.246 e. The van der Waals surface area contributed by atoms with Crippen LogP contribution in [0.4, 0.5) is 10.2 Å². The van der Waals surface area contributed by atoms with E-state index in [-0.39, 0.29) is 17.8 Å². The first kappa shape index (κ1) is 28.9. The van der Waals surface area contributed by atoms with Gasteiger partial charge >= 0.3 is 0 Å². The molecule has 2 aromatic carbocycles. The zero-order valence-electron chi connectivity index (χ0n) is 25.2. The number of halogens is 1. The van der Waals surface area contributed by atoms with Gasteiger partial charge in [0.05, 0.1) is 6.04 Å². The highest BCUT2D eigenvalue weighted by atomic mass is 19.1. The van der Waals surface area contributed by atoms with Crippen LogP contribution < -0.4 is 10.1 Å². The highest BCUT2D eigenvalue weighted by Crippen LogP contribution is 2.42. The molecule has 1 saturated heterocycles. The van der Waals surface area contributed by atoms with Gasteiger partial charge in [0.15, 0.2) is 0 Å². The van der Waals surface area contributed by atoms with Crippen LogP contribution in [0.3, 0.4) is 0 Å². The lowest BCUT2D eigenvalue weighted by Gasteiger charge is -2.20. The first-order valence-electron chi connectivity index (χ1n) is 15.3. The predicted molar refractivity (Wildman–Crippen MR) is 170 cm³/mol. The van der Waals surface area contributed by atoms with Crippen LogP contribution in [0.5, 0.6) is 11.5 Å². The maximum atomic E-state index is 13.7. The Morgan fingerprint density at radius 1 is 1.14 bits per heavy atom. The Hall–Kier alpha value is -4.17. The van der Waals surface area contributed by atoms with Gasteiger partial charge in [-0.25, -0.2) is 4.39 Å². The predicted octanol–water partition coefficient (Wildman–Crippen LogP) is 7.30. The number of carbonyl (C=O) groups is 1. The van der Waals surface area contributed by atoms with Crippen molar-refractivity contribution in [2.75, 3.05) is 32.0 Å². The molecule has 0 unspecified atom stereocenters. The van der Waals surface area contributed by atoms with E-state index in [1.54, 1.807) is 18.2 Å². The van der Waals surface area contributed by atoms with E-state index in [0.29, 0.717) is 42.8 Å². The number of benzene rings is 2. The number of hydrogen-bond donors (Lipinski definition) is 2. The highest BCUT2D eigenvalue weighted by molar-refractivity contribution is 6.11. The number of likely N-dealkylation sites (N-methyl/N-ethyl adjacent to an activating group) is 1. The summed E-state index contributed by atoms with van der Waals surface area (Å²) < 4.78 is 21.8. The minimum Gasteiger partial charge on any atom is -0.457 e. The van der Waals surface area contributed by atoms with E-state index in [2.05, 4.69) is 35.7 Å². The van der Waals surface area contributed by atoms with Crippen LogP contribution >= 0.6 is 0 Å². The number of hydrogen-bond acceptors (Lipinski definition) is 5. The summed E-state index contributed by atoms with van der Waals surface area (Å²) in [7, 11) is 2.12. The molecule has 0 radical (unpaired) electrons. The molecule has 3 aromatic rings. The van der Waals surface area contributed by atoms with E-state index in [4.69, 9.17) is 10.1 Å². The van der Waals surface area contributed by atoms with Gasteiger partial charge in [0, 0.05) is 73.0 Å². The molecule has 224 valence electrons. The molecule has 8 heteroatoms. The third-order valence-electron chi connectivity index (χ3n) is 8.86. The second-order valence-electron chi connectivity index (χ2n) is 11.9. The van der Waals surface area contributed by atoms with Crippen molar-refractivity contribution in [3.63, 3.8) is 0 Å². The van der Waals surface area contributed by atoms with Crippen LogP contribution in [0.25, 0.3) is 11.1 Å². The molecule has 0 bridgehead atoms. The van der Waals surface area contributed by atoms with Crippen molar-refractivity contribution < 1.29 is 13.9 Å². The van der Waals surface area contributed by atoms with E-state index < -0.39 is 0 Å². The molecule has 3 heterocycles. The number of amides is 1. The van der Waals surface area contributed by atoms with Crippen molar-refractivity contribution in [2.45, 2.75) is 58.0 Å². The lowest BCUT2D eigenvalue weighted by molar-refractivity contribution is -0.125. The molecule has 0 spiro atoms. The summed E-state index contributed by atoms with van der Waals surface area (Å²) in [6.45, 7) is 6.35. The minimum atomic E-state index is -0.343. The number of allylic oxidation sites excluding steroid dienone is 1. The zero-order valence-corrected chi connectivity index (χ0v) is 25.2. The van der Waals surface area contributed by atoms with E-state index in [0.717, 1.165) is 47.6 Å². The van der Waals surface area contributed by atoms with Gasteiger partial charge in [0.25, 0.3) is 0 Å². The van der Waals surface area contributed by atoms with Crippen LogP contribution in [-0.4, -0.2) is 58.7 Å². The lowest BCUT2D eigenvalue weighted by Crippen LogP contribution is -2.28. The van der Waals surface area contributed by atoms with Gasteiger partial charge in [-0.15, -0.1) is 0 Å². The largest absolute Gasteiger partial charge is 0.457 e. The summed E-state index contributed by atoms with van der Waals surface area (Å²) >= 11 is 0. The third-order valence-corrected chi connectivity index (χ3v) is 8.86. The number of ether oxygens (including phenoxy) is 1. The Morgan fingerprint density at radius 2 is 1.93 bits per heavy atom. The van der Waals surface area contributed by atoms with Crippen LogP contribution in [0, 0.1) is 18.2 Å². The molecule has 1 saturated carbocycles. The van der Waals surface area contributed by atoms with Crippen molar-refractivity contribution in [3.05, 3.63) is 89.5 Å². The van der Waals surface area contributed by atoms with Crippen molar-refractivity contribution in [2.24, 2.45) is 0 Å². The van der Waals surface area contributed by atoms with Gasteiger partial charge in [-0.1, -0.05) is 31.2 Å². The number of rotatable bonds is 9. The molecule has 1 aromatic heterocycles. The summed E-state index contributed by atoms with van der Waals surface area (Å²) in [5, 5.41) is 12.7. The van der Waals surface area contributed by atoms with Gasteiger partial charge in [-0.3, -0.25) is 9.69 Å². The van der Waals surface area contributed by atoms with E-state index in [1.807, 2.05) is 41.4 Å². The van der Waals surface area contributed by atoms with Crippen LogP contribution in [-0.2, 0) is 4.79 Å². The first-order chi connectivity index (χ1) is 20.8. The average molecular weight is 582 g/mol. The molecule has 6 rings (SSSR count). The second-order valence-corrected chi connectivity index (χ2v) is 11.9. The average Bonchev–Trinajstić information content (AvgIpc) is 3.70. The van der Waals surface area contributed by atoms with Crippen molar-refractivity contribution in [3.8, 4) is 22.6 Å². The van der Waals surface area contributed by atoms with Crippen molar-refractivity contribution in [1.29, 1.82) is 5.41 Å². The number of nitrogens with one attached hydrogen (secondary N) is 2. The monoisotopic (exact) mass is 581 g/mol. The molecule has 3 aliphatic rings. The van der Waals surface area contributed by atoms with E-state index in [1.165, 1.54) is 30.5 Å². The number of likely N-dealkylation sites (tertiary alicyclic amines) is 1. The fourth-order valence-corrected chi connectivity index (χ4v) is 6.32. The maximum absolute atomic E-state index is 13.7. The van der Waals surface area contributed by atoms with Crippen LogP contribution in [0.15, 0.2) is 72.5 Å². The maximum Gasteiger partial charge on any atom is 0.246 e. The first-order valence-corrected chi connectivity index (χ1v) is 15.3. The molecule has 7 nitrogen and oxygen atoms in total. The quantitative estimate of drug-likeness (QED) is 0.260. The fraction of sp³-hybridized carbons (Fsp3) is 0.371. The number of fused-ring (bicyclic) bond motifs is 1.